The first-order chi connectivity index (χ1) is 16.7. The molecule has 0 spiro atoms. The van der Waals surface area contributed by atoms with Gasteiger partial charge >= 0.3 is 0 Å². The number of H-pyrrole nitrogens is 1. The number of aromatic amines is 1. The number of non-ortho nitro benzene ring substituents is 1. The molecule has 0 aliphatic rings. The van der Waals surface area contributed by atoms with Crippen molar-refractivity contribution in [1.29, 1.82) is 0 Å². The van der Waals surface area contributed by atoms with E-state index in [2.05, 4.69) is 10.3 Å². The van der Waals surface area contributed by atoms with Crippen molar-refractivity contribution in [2.75, 3.05) is 19.5 Å². The maximum atomic E-state index is 12.8. The van der Waals surface area contributed by atoms with Crippen molar-refractivity contribution >= 4 is 43.9 Å². The number of hydrogen-bond acceptors (Lipinski definition) is 8. The fraction of sp³-hybridized carbons (Fsp3) is 0.0870. The zero-order valence-corrected chi connectivity index (χ0v) is 19.4. The standard InChI is InChI=1S/C23H20N4O7S/c1-33-15-10-14(11-16(12-15)34-2)24-19-8-9-21(27(29)30)22-18(19)13-20(25-22)23(28)26-35(31,32)17-6-4-3-5-7-17/h3-13,24-25H,1-2H3,(H,26,28). The van der Waals surface area contributed by atoms with E-state index in [9.17, 15) is 23.3 Å². The molecule has 1 heterocycles. The highest BCUT2D eigenvalue weighted by Gasteiger charge is 2.23. The molecule has 4 rings (SSSR count). The lowest BCUT2D eigenvalue weighted by Gasteiger charge is -2.11. The minimum Gasteiger partial charge on any atom is -0.497 e. The summed E-state index contributed by atoms with van der Waals surface area (Å²) in [5.74, 6) is 0.0730. The molecule has 0 aliphatic heterocycles. The predicted molar refractivity (Wildman–Crippen MR) is 129 cm³/mol. The van der Waals surface area contributed by atoms with Gasteiger partial charge in [0.05, 0.1) is 24.0 Å². The number of rotatable bonds is 8. The summed E-state index contributed by atoms with van der Waals surface area (Å²) in [7, 11) is -1.14. The number of benzene rings is 3. The summed E-state index contributed by atoms with van der Waals surface area (Å²) in [5.41, 5.74) is 0.605. The van der Waals surface area contributed by atoms with Gasteiger partial charge in [0.1, 0.15) is 22.7 Å². The number of nitro benzene ring substituents is 1. The van der Waals surface area contributed by atoms with Gasteiger partial charge in [-0.1, -0.05) is 18.2 Å². The lowest BCUT2D eigenvalue weighted by Crippen LogP contribution is -2.30. The van der Waals surface area contributed by atoms with Crippen LogP contribution in [0.1, 0.15) is 10.5 Å². The molecule has 4 aromatic rings. The highest BCUT2D eigenvalue weighted by atomic mass is 32.2. The molecule has 0 fully saturated rings. The Morgan fingerprint density at radius 1 is 0.971 bits per heavy atom. The number of amides is 1. The Balaban J connectivity index is 1.74. The number of carbonyl (C=O) groups is 1. The number of carbonyl (C=O) groups excluding carboxylic acids is 1. The molecule has 0 aliphatic carbocycles. The third-order valence-corrected chi connectivity index (χ3v) is 6.47. The first kappa shape index (κ1) is 23.6. The number of nitro groups is 1. The molecule has 3 N–H and O–H groups in total. The minimum absolute atomic E-state index is 0.0529. The highest BCUT2D eigenvalue weighted by molar-refractivity contribution is 7.90. The topological polar surface area (TPSA) is 153 Å². The molecule has 12 heteroatoms. The van der Waals surface area contributed by atoms with Crippen LogP contribution in [0.25, 0.3) is 10.9 Å². The Kier molecular flexibility index (Phi) is 6.30. The highest BCUT2D eigenvalue weighted by Crippen LogP contribution is 2.35. The summed E-state index contributed by atoms with van der Waals surface area (Å²) in [6.07, 6.45) is 0. The molecule has 0 saturated heterocycles. The van der Waals surface area contributed by atoms with E-state index in [4.69, 9.17) is 9.47 Å². The van der Waals surface area contributed by atoms with Crippen LogP contribution in [0, 0.1) is 10.1 Å². The molecule has 0 unspecified atom stereocenters. The van der Waals surface area contributed by atoms with E-state index >= 15 is 0 Å². The molecule has 0 radical (unpaired) electrons. The average Bonchev–Trinajstić information content (AvgIpc) is 3.30. The van der Waals surface area contributed by atoms with E-state index in [1.54, 1.807) is 24.3 Å². The van der Waals surface area contributed by atoms with E-state index in [1.807, 2.05) is 4.72 Å². The van der Waals surface area contributed by atoms with Crippen molar-refractivity contribution in [3.8, 4) is 11.5 Å². The Morgan fingerprint density at radius 3 is 2.23 bits per heavy atom. The molecule has 180 valence electrons. The second-order valence-corrected chi connectivity index (χ2v) is 9.02. The number of sulfonamides is 1. The summed E-state index contributed by atoms with van der Waals surface area (Å²) >= 11 is 0. The number of anilines is 2. The molecule has 0 bridgehead atoms. The van der Waals surface area contributed by atoms with Crippen molar-refractivity contribution < 1.29 is 27.6 Å². The van der Waals surface area contributed by atoms with Gasteiger partial charge in [0.15, 0.2) is 0 Å². The Hall–Kier alpha value is -4.58. The van der Waals surface area contributed by atoms with E-state index < -0.39 is 20.9 Å². The van der Waals surface area contributed by atoms with Crippen LogP contribution in [-0.4, -0.2) is 38.5 Å². The predicted octanol–water partition coefficient (Wildman–Crippen LogP) is 3.96. The number of nitrogens with one attached hydrogen (secondary N) is 3. The molecule has 1 amide bonds. The van der Waals surface area contributed by atoms with Crippen molar-refractivity contribution in [2.24, 2.45) is 0 Å². The third-order valence-electron chi connectivity index (χ3n) is 5.12. The van der Waals surface area contributed by atoms with Crippen LogP contribution >= 0.6 is 0 Å². The summed E-state index contributed by atoms with van der Waals surface area (Å²) in [4.78, 5) is 26.3. The molecule has 3 aromatic carbocycles. The lowest BCUT2D eigenvalue weighted by atomic mass is 10.1. The van der Waals surface area contributed by atoms with E-state index in [-0.39, 0.29) is 21.8 Å². The van der Waals surface area contributed by atoms with Crippen LogP contribution in [-0.2, 0) is 10.0 Å². The average molecular weight is 497 g/mol. The van der Waals surface area contributed by atoms with Crippen molar-refractivity contribution in [3.05, 3.63) is 82.5 Å². The maximum Gasteiger partial charge on any atom is 0.293 e. The van der Waals surface area contributed by atoms with Crippen molar-refractivity contribution in [3.63, 3.8) is 0 Å². The quantitative estimate of drug-likeness (QED) is 0.245. The van der Waals surface area contributed by atoms with Crippen LogP contribution in [0.4, 0.5) is 17.1 Å². The molecule has 1 aromatic heterocycles. The minimum atomic E-state index is -4.14. The zero-order chi connectivity index (χ0) is 25.2. The first-order valence-corrected chi connectivity index (χ1v) is 11.6. The van der Waals surface area contributed by atoms with Gasteiger partial charge in [0.25, 0.3) is 21.6 Å². The number of nitrogens with zero attached hydrogens (tertiary/aromatic N) is 1. The molecular weight excluding hydrogens is 476 g/mol. The Morgan fingerprint density at radius 2 is 1.63 bits per heavy atom. The van der Waals surface area contributed by atoms with Crippen molar-refractivity contribution in [1.82, 2.24) is 9.71 Å². The second kappa shape index (κ2) is 9.35. The normalized spacial score (nSPS) is 11.1. The van der Waals surface area contributed by atoms with E-state index in [0.717, 1.165) is 0 Å². The summed E-state index contributed by atoms with van der Waals surface area (Å²) in [6, 6.07) is 16.6. The van der Waals surface area contributed by atoms with Gasteiger partial charge in [-0.15, -0.1) is 0 Å². The van der Waals surface area contributed by atoms with Crippen LogP contribution in [0.5, 0.6) is 11.5 Å². The Bertz CT molecular complexity index is 1510. The van der Waals surface area contributed by atoms with Gasteiger partial charge < -0.3 is 19.8 Å². The van der Waals surface area contributed by atoms with Gasteiger partial charge in [-0.05, 0) is 24.3 Å². The van der Waals surface area contributed by atoms with Crippen molar-refractivity contribution in [2.45, 2.75) is 4.90 Å². The van der Waals surface area contributed by atoms with Crippen LogP contribution < -0.4 is 19.5 Å². The number of fused-ring (bicyclic) bond motifs is 1. The fourth-order valence-electron chi connectivity index (χ4n) is 3.46. The Labute approximate surface area is 199 Å². The molecule has 0 atom stereocenters. The van der Waals surface area contributed by atoms with E-state index in [0.29, 0.717) is 28.3 Å². The molecule has 11 nitrogen and oxygen atoms in total. The van der Waals surface area contributed by atoms with Crippen LogP contribution in [0.2, 0.25) is 0 Å². The van der Waals surface area contributed by atoms with Crippen LogP contribution in [0.3, 0.4) is 0 Å². The van der Waals surface area contributed by atoms with E-state index in [1.165, 1.54) is 56.7 Å². The molecule has 35 heavy (non-hydrogen) atoms. The van der Waals surface area contributed by atoms with Gasteiger partial charge in [-0.25, -0.2) is 13.1 Å². The fourth-order valence-corrected chi connectivity index (χ4v) is 4.45. The smallest absolute Gasteiger partial charge is 0.293 e. The number of methoxy groups -OCH3 is 2. The number of ether oxygens (including phenoxy) is 2. The van der Waals surface area contributed by atoms with Gasteiger partial charge in [0.2, 0.25) is 0 Å². The number of hydrogen-bond donors (Lipinski definition) is 3. The van der Waals surface area contributed by atoms with Gasteiger partial charge in [0, 0.05) is 41.0 Å². The third kappa shape index (κ3) is 4.87. The lowest BCUT2D eigenvalue weighted by molar-refractivity contribution is -0.383. The molecular formula is C23H20N4O7S. The second-order valence-electron chi connectivity index (χ2n) is 7.34. The number of aromatic nitrogens is 1. The van der Waals surface area contributed by atoms with Gasteiger partial charge in [-0.3, -0.25) is 14.9 Å². The summed E-state index contributed by atoms with van der Waals surface area (Å²) in [6.45, 7) is 0. The first-order valence-electron chi connectivity index (χ1n) is 10.1. The zero-order valence-electron chi connectivity index (χ0n) is 18.6. The van der Waals surface area contributed by atoms with Crippen LogP contribution in [0.15, 0.2) is 71.6 Å². The summed E-state index contributed by atoms with van der Waals surface area (Å²) in [5, 5.41) is 15.0. The largest absolute Gasteiger partial charge is 0.497 e. The monoisotopic (exact) mass is 496 g/mol. The maximum absolute atomic E-state index is 12.8. The van der Waals surface area contributed by atoms with Gasteiger partial charge in [-0.2, -0.15) is 0 Å². The molecule has 0 saturated carbocycles. The SMILES string of the molecule is COc1cc(Nc2ccc([N+](=O)[O-])c3[nH]c(C(=O)NS(=O)(=O)c4ccccc4)cc23)cc(OC)c1. The summed E-state index contributed by atoms with van der Waals surface area (Å²) < 4.78 is 37.6.